The van der Waals surface area contributed by atoms with Gasteiger partial charge in [-0.25, -0.2) is 0 Å². The van der Waals surface area contributed by atoms with Crippen LogP contribution in [-0.2, 0) is 0 Å². The van der Waals surface area contributed by atoms with Gasteiger partial charge in [-0.1, -0.05) is 233 Å². The minimum Gasteiger partial charge on any atom is -0.356 e. The lowest BCUT2D eigenvalue weighted by Gasteiger charge is -2.33. The maximum Gasteiger partial charge on any atom is 0.101 e. The number of unbranched alkanes of at least 4 members (excludes halogenated alkanes) is 33. The smallest absolute Gasteiger partial charge is 0.101 e. The van der Waals surface area contributed by atoms with Gasteiger partial charge in [0, 0.05) is 25.5 Å². The third-order valence-corrected chi connectivity index (χ3v) is 11.1. The van der Waals surface area contributed by atoms with Gasteiger partial charge in [0.15, 0.2) is 0 Å². The summed E-state index contributed by atoms with van der Waals surface area (Å²) in [6.07, 6.45) is 58.9. The molecule has 0 aromatic heterocycles. The Labute approximate surface area is 299 Å². The Balaban J connectivity index is 2.03. The van der Waals surface area contributed by atoms with E-state index in [4.69, 9.17) is 0 Å². The number of nitrogens with zero attached hydrogens (tertiary/aromatic N) is 2. The largest absolute Gasteiger partial charge is 0.356 e. The van der Waals surface area contributed by atoms with Crippen LogP contribution in [0.25, 0.3) is 0 Å². The predicted molar refractivity (Wildman–Crippen MR) is 214 cm³/mol. The van der Waals surface area contributed by atoms with Crippen molar-refractivity contribution in [3.05, 3.63) is 12.4 Å². The van der Waals surface area contributed by atoms with Gasteiger partial charge in [0.05, 0.1) is 0 Å². The fourth-order valence-electron chi connectivity index (χ4n) is 7.78. The van der Waals surface area contributed by atoms with Gasteiger partial charge in [0.1, 0.15) is 6.17 Å². The zero-order valence-corrected chi connectivity index (χ0v) is 33.2. The fraction of sp³-hybridized carbons (Fsp3) is 0.956. The summed E-state index contributed by atoms with van der Waals surface area (Å²) in [4.78, 5) is 5.42. The Morgan fingerprint density at radius 3 is 0.745 bits per heavy atom. The standard InChI is InChI=1S/C45H90N2/c1-4-7-10-13-15-17-19-21-23-25-27-29-31-33-35-38-41-46-43-44-47(45(46)40-37-12-9-6-3)42-39-36-34-32-30-28-26-24-22-20-18-16-14-11-8-5-2/h43-45H,4-42H2,1-3H3. The Morgan fingerprint density at radius 2 is 0.489 bits per heavy atom. The molecule has 0 radical (unpaired) electrons. The Bertz CT molecular complexity index is 569. The molecule has 0 saturated carbocycles. The lowest BCUT2D eigenvalue weighted by molar-refractivity contribution is 0.135. The average molecular weight is 659 g/mol. The molecule has 0 aromatic carbocycles. The van der Waals surface area contributed by atoms with Crippen molar-refractivity contribution in [2.45, 2.75) is 265 Å². The minimum absolute atomic E-state index is 0.638. The molecule has 0 N–H and O–H groups in total. The number of rotatable bonds is 39. The fourth-order valence-corrected chi connectivity index (χ4v) is 7.78. The molecule has 0 aliphatic carbocycles. The lowest BCUT2D eigenvalue weighted by Crippen LogP contribution is -2.39. The first-order valence-electron chi connectivity index (χ1n) is 22.5. The van der Waals surface area contributed by atoms with Crippen molar-refractivity contribution in [2.24, 2.45) is 0 Å². The predicted octanol–water partition coefficient (Wildman–Crippen LogP) is 15.9. The zero-order chi connectivity index (χ0) is 33.7. The quantitative estimate of drug-likeness (QED) is 0.0606. The van der Waals surface area contributed by atoms with Crippen molar-refractivity contribution >= 4 is 0 Å². The van der Waals surface area contributed by atoms with E-state index in [0.717, 1.165) is 0 Å². The van der Waals surface area contributed by atoms with E-state index in [2.05, 4.69) is 43.0 Å². The van der Waals surface area contributed by atoms with Crippen LogP contribution in [0.15, 0.2) is 12.4 Å². The summed E-state index contributed by atoms with van der Waals surface area (Å²) in [5, 5.41) is 0. The van der Waals surface area contributed by atoms with Gasteiger partial charge in [-0.3, -0.25) is 0 Å². The van der Waals surface area contributed by atoms with Crippen molar-refractivity contribution in [3.63, 3.8) is 0 Å². The minimum atomic E-state index is 0.638. The van der Waals surface area contributed by atoms with E-state index in [0.29, 0.717) is 6.17 Å². The summed E-state index contributed by atoms with van der Waals surface area (Å²) in [6, 6.07) is 0. The lowest BCUT2D eigenvalue weighted by atomic mass is 10.0. The molecule has 2 heteroatoms. The van der Waals surface area contributed by atoms with Gasteiger partial charge in [-0.05, 0) is 25.7 Å². The summed E-state index contributed by atoms with van der Waals surface area (Å²) < 4.78 is 0. The van der Waals surface area contributed by atoms with Crippen LogP contribution < -0.4 is 0 Å². The van der Waals surface area contributed by atoms with Crippen molar-refractivity contribution < 1.29 is 0 Å². The van der Waals surface area contributed by atoms with Crippen LogP contribution in [0.2, 0.25) is 0 Å². The summed E-state index contributed by atoms with van der Waals surface area (Å²) in [5.41, 5.74) is 0. The molecule has 0 unspecified atom stereocenters. The summed E-state index contributed by atoms with van der Waals surface area (Å²) in [6.45, 7) is 9.50. The van der Waals surface area contributed by atoms with Gasteiger partial charge >= 0.3 is 0 Å². The van der Waals surface area contributed by atoms with E-state index in [1.165, 1.54) is 251 Å². The van der Waals surface area contributed by atoms with Crippen molar-refractivity contribution in [3.8, 4) is 0 Å². The molecule has 2 nitrogen and oxygen atoms in total. The topological polar surface area (TPSA) is 6.48 Å². The third kappa shape index (κ3) is 28.8. The number of hydrogen-bond acceptors (Lipinski definition) is 2. The molecule has 0 amide bonds. The second-order valence-corrected chi connectivity index (χ2v) is 15.7. The normalized spacial score (nSPS) is 13.5. The van der Waals surface area contributed by atoms with Crippen LogP contribution in [0.5, 0.6) is 0 Å². The van der Waals surface area contributed by atoms with Crippen LogP contribution in [0, 0.1) is 0 Å². The highest BCUT2D eigenvalue weighted by atomic mass is 15.4. The molecule has 0 bridgehead atoms. The molecule has 1 aliphatic rings. The molecule has 0 aromatic rings. The van der Waals surface area contributed by atoms with E-state index in [1.54, 1.807) is 0 Å². The molecule has 0 atom stereocenters. The van der Waals surface area contributed by atoms with Crippen LogP contribution in [-0.4, -0.2) is 29.1 Å². The molecule has 47 heavy (non-hydrogen) atoms. The van der Waals surface area contributed by atoms with Crippen LogP contribution >= 0.6 is 0 Å². The summed E-state index contributed by atoms with van der Waals surface area (Å²) >= 11 is 0. The van der Waals surface area contributed by atoms with Crippen LogP contribution in [0.4, 0.5) is 0 Å². The maximum absolute atomic E-state index is 2.71. The van der Waals surface area contributed by atoms with Gasteiger partial charge in [0.25, 0.3) is 0 Å². The first kappa shape index (κ1) is 44.4. The third-order valence-electron chi connectivity index (χ3n) is 11.1. The Hall–Kier alpha value is -0.660. The van der Waals surface area contributed by atoms with E-state index in [-0.39, 0.29) is 0 Å². The Kier molecular flexibility index (Phi) is 34.6. The van der Waals surface area contributed by atoms with Crippen molar-refractivity contribution in [1.82, 2.24) is 9.80 Å². The highest BCUT2D eigenvalue weighted by Gasteiger charge is 2.24. The molecule has 0 saturated heterocycles. The average Bonchev–Trinajstić information content (AvgIpc) is 3.47. The molecule has 1 heterocycles. The van der Waals surface area contributed by atoms with E-state index < -0.39 is 0 Å². The monoisotopic (exact) mass is 659 g/mol. The second-order valence-electron chi connectivity index (χ2n) is 15.7. The first-order valence-corrected chi connectivity index (χ1v) is 22.5. The molecule has 280 valence electrons. The van der Waals surface area contributed by atoms with Crippen molar-refractivity contribution in [2.75, 3.05) is 13.1 Å². The van der Waals surface area contributed by atoms with E-state index in [9.17, 15) is 0 Å². The zero-order valence-electron chi connectivity index (χ0n) is 33.2. The van der Waals surface area contributed by atoms with Gasteiger partial charge in [-0.2, -0.15) is 0 Å². The van der Waals surface area contributed by atoms with E-state index >= 15 is 0 Å². The van der Waals surface area contributed by atoms with Crippen LogP contribution in [0.1, 0.15) is 258 Å². The Morgan fingerprint density at radius 1 is 0.277 bits per heavy atom. The highest BCUT2D eigenvalue weighted by Crippen LogP contribution is 2.24. The molecule has 0 fully saturated rings. The highest BCUT2D eigenvalue weighted by molar-refractivity contribution is 4.97. The molecular formula is C45H90N2. The van der Waals surface area contributed by atoms with Gasteiger partial charge in [0.2, 0.25) is 0 Å². The van der Waals surface area contributed by atoms with E-state index in [1.807, 2.05) is 0 Å². The van der Waals surface area contributed by atoms with Gasteiger partial charge < -0.3 is 9.80 Å². The molecular weight excluding hydrogens is 569 g/mol. The first-order chi connectivity index (χ1) is 23.3. The van der Waals surface area contributed by atoms with Crippen LogP contribution in [0.3, 0.4) is 0 Å². The molecule has 1 rings (SSSR count). The van der Waals surface area contributed by atoms with Gasteiger partial charge in [-0.15, -0.1) is 0 Å². The summed E-state index contributed by atoms with van der Waals surface area (Å²) in [7, 11) is 0. The number of hydrogen-bond donors (Lipinski definition) is 0. The maximum atomic E-state index is 2.71. The second kappa shape index (κ2) is 36.6. The van der Waals surface area contributed by atoms with Crippen molar-refractivity contribution in [1.29, 1.82) is 0 Å². The summed E-state index contributed by atoms with van der Waals surface area (Å²) in [5.74, 6) is 0. The molecule has 1 aliphatic heterocycles. The SMILES string of the molecule is CCCCCCCCCCCCCCCCCCN1C=CN(CCCCCCCCCCCCCCCCCC)C1CCCCCC. The molecule has 0 spiro atoms.